The van der Waals surface area contributed by atoms with Crippen LogP contribution in [0.2, 0.25) is 0 Å². The minimum absolute atomic E-state index is 0.0101. The van der Waals surface area contributed by atoms with Gasteiger partial charge in [0.25, 0.3) is 0 Å². The van der Waals surface area contributed by atoms with E-state index in [0.29, 0.717) is 43.6 Å². The summed E-state index contributed by atoms with van der Waals surface area (Å²) in [6, 6.07) is 5.90. The molecule has 226 valence electrons. The standard InChI is InChI=1S/C29H37F5N4O2S/c1-17-9-18-10-19(36-41(39,40)26-13-23(26)31)5-6-22(18)28(38(17)16-29(2,3)34)27-24(32)11-20(12-25(27)33)35-21-14-37(15-21)8-4-7-30/h5-6,10-12,17,21,23,26,28,35-36H,4,7-9,13-16H2,1-3H3. The Morgan fingerprint density at radius 1 is 1.07 bits per heavy atom. The van der Waals surface area contributed by atoms with Gasteiger partial charge in [-0.1, -0.05) is 6.07 Å². The zero-order valence-corrected chi connectivity index (χ0v) is 24.3. The minimum atomic E-state index is -3.90. The minimum Gasteiger partial charge on any atom is -0.380 e. The van der Waals surface area contributed by atoms with Crippen molar-refractivity contribution in [2.75, 3.05) is 42.9 Å². The molecule has 41 heavy (non-hydrogen) atoms. The second kappa shape index (κ2) is 11.3. The molecular formula is C29H37F5N4O2S. The number of hydrogen-bond acceptors (Lipinski definition) is 5. The number of anilines is 2. The number of fused-ring (bicyclic) bond motifs is 1. The molecule has 0 aromatic heterocycles. The molecule has 2 N–H and O–H groups in total. The van der Waals surface area contributed by atoms with Gasteiger partial charge in [-0.25, -0.2) is 26.0 Å². The number of benzene rings is 2. The highest BCUT2D eigenvalue weighted by atomic mass is 32.2. The van der Waals surface area contributed by atoms with E-state index in [1.807, 2.05) is 6.92 Å². The van der Waals surface area contributed by atoms with Crippen molar-refractivity contribution in [3.8, 4) is 0 Å². The quantitative estimate of drug-likeness (QED) is 0.341. The number of sulfonamides is 1. The molecule has 5 rings (SSSR count). The van der Waals surface area contributed by atoms with E-state index < -0.39 is 44.8 Å². The Kier molecular flexibility index (Phi) is 8.30. The van der Waals surface area contributed by atoms with Crippen LogP contribution in [0.5, 0.6) is 0 Å². The molecule has 2 heterocycles. The largest absolute Gasteiger partial charge is 0.380 e. The molecule has 2 fully saturated rings. The van der Waals surface area contributed by atoms with E-state index in [0.717, 1.165) is 0 Å². The van der Waals surface area contributed by atoms with Crippen LogP contribution in [0.25, 0.3) is 0 Å². The van der Waals surface area contributed by atoms with Gasteiger partial charge in [0, 0.05) is 55.6 Å². The van der Waals surface area contributed by atoms with Crippen molar-refractivity contribution in [3.63, 3.8) is 0 Å². The van der Waals surface area contributed by atoms with E-state index in [1.165, 1.54) is 32.0 Å². The van der Waals surface area contributed by atoms with E-state index in [1.54, 1.807) is 17.0 Å². The fourth-order valence-corrected chi connectivity index (χ4v) is 7.41. The maximum absolute atomic E-state index is 15.8. The molecule has 1 saturated heterocycles. The summed E-state index contributed by atoms with van der Waals surface area (Å²) in [5.41, 5.74) is -0.110. The molecule has 1 aliphatic carbocycles. The van der Waals surface area contributed by atoms with Gasteiger partial charge in [-0.15, -0.1) is 0 Å². The summed E-state index contributed by atoms with van der Waals surface area (Å²) >= 11 is 0. The van der Waals surface area contributed by atoms with Gasteiger partial charge in [0.2, 0.25) is 10.0 Å². The maximum atomic E-state index is 15.8. The van der Waals surface area contributed by atoms with Crippen molar-refractivity contribution < 1.29 is 30.4 Å². The molecule has 0 spiro atoms. The number of halogens is 5. The molecule has 0 radical (unpaired) electrons. The zero-order valence-electron chi connectivity index (χ0n) is 23.4. The predicted octanol–water partition coefficient (Wildman–Crippen LogP) is 5.36. The van der Waals surface area contributed by atoms with Gasteiger partial charge in [0.15, 0.2) is 0 Å². The number of nitrogens with zero attached hydrogens (tertiary/aromatic N) is 2. The molecule has 6 nitrogen and oxygen atoms in total. The lowest BCUT2D eigenvalue weighted by molar-refractivity contribution is 0.0653. The van der Waals surface area contributed by atoms with E-state index >= 15 is 8.78 Å². The first-order chi connectivity index (χ1) is 19.3. The lowest BCUT2D eigenvalue weighted by Gasteiger charge is -2.44. The fourth-order valence-electron chi connectivity index (χ4n) is 5.98. The average Bonchev–Trinajstić information content (AvgIpc) is 3.58. The van der Waals surface area contributed by atoms with Crippen molar-refractivity contribution in [1.29, 1.82) is 0 Å². The van der Waals surface area contributed by atoms with Gasteiger partial charge in [0.05, 0.1) is 18.8 Å². The van der Waals surface area contributed by atoms with Gasteiger partial charge >= 0.3 is 0 Å². The molecule has 0 amide bonds. The molecule has 12 heteroatoms. The van der Waals surface area contributed by atoms with Crippen LogP contribution < -0.4 is 10.0 Å². The number of nitrogens with one attached hydrogen (secondary N) is 2. The lowest BCUT2D eigenvalue weighted by atomic mass is 9.83. The van der Waals surface area contributed by atoms with Crippen molar-refractivity contribution in [1.82, 2.24) is 9.80 Å². The predicted molar refractivity (Wildman–Crippen MR) is 150 cm³/mol. The summed E-state index contributed by atoms with van der Waals surface area (Å²) in [6.45, 7) is 6.13. The second-order valence-electron chi connectivity index (χ2n) is 12.2. The molecule has 2 aromatic rings. The Hall–Kier alpha value is -2.44. The SMILES string of the molecule is CC1Cc2cc(NS(=O)(=O)C3CC3F)ccc2C(c2c(F)cc(NC3CN(CCCF)C3)cc2F)N1CC(C)(C)F. The number of hydrogen-bond donors (Lipinski definition) is 2. The summed E-state index contributed by atoms with van der Waals surface area (Å²) in [4.78, 5) is 3.80. The van der Waals surface area contributed by atoms with Gasteiger partial charge in [-0.3, -0.25) is 18.9 Å². The normalized spacial score (nSPS) is 25.5. The Morgan fingerprint density at radius 3 is 2.32 bits per heavy atom. The molecule has 4 atom stereocenters. The van der Waals surface area contributed by atoms with E-state index in [2.05, 4.69) is 14.9 Å². The Balaban J connectivity index is 1.45. The van der Waals surface area contributed by atoms with Crippen molar-refractivity contribution in [3.05, 3.63) is 58.7 Å². The third-order valence-electron chi connectivity index (χ3n) is 8.01. The van der Waals surface area contributed by atoms with Crippen LogP contribution in [0.4, 0.5) is 33.3 Å². The molecule has 2 aromatic carbocycles. The summed E-state index contributed by atoms with van der Waals surface area (Å²) < 4.78 is 99.8. The van der Waals surface area contributed by atoms with Gasteiger partial charge < -0.3 is 5.32 Å². The summed E-state index contributed by atoms with van der Waals surface area (Å²) in [5.74, 6) is -1.55. The monoisotopic (exact) mass is 600 g/mol. The molecule has 1 saturated carbocycles. The van der Waals surface area contributed by atoms with Crippen LogP contribution in [0.1, 0.15) is 56.3 Å². The molecule has 4 unspecified atom stereocenters. The highest BCUT2D eigenvalue weighted by Gasteiger charge is 2.48. The fraction of sp³-hybridized carbons (Fsp3) is 0.586. The van der Waals surface area contributed by atoms with Crippen LogP contribution in [0, 0.1) is 11.6 Å². The van der Waals surface area contributed by atoms with E-state index in [9.17, 15) is 21.6 Å². The molecule has 2 aliphatic heterocycles. The summed E-state index contributed by atoms with van der Waals surface area (Å²) in [5, 5.41) is 2.06. The lowest BCUT2D eigenvalue weighted by Crippen LogP contribution is -2.54. The van der Waals surface area contributed by atoms with Crippen molar-refractivity contribution >= 4 is 21.4 Å². The number of likely N-dealkylation sites (tertiary alicyclic amines) is 1. The van der Waals surface area contributed by atoms with Crippen molar-refractivity contribution in [2.24, 2.45) is 0 Å². The molecular weight excluding hydrogens is 563 g/mol. The number of rotatable bonds is 11. The maximum Gasteiger partial charge on any atom is 0.238 e. The van der Waals surface area contributed by atoms with Crippen LogP contribution in [0.15, 0.2) is 30.3 Å². The molecule has 0 bridgehead atoms. The Bertz CT molecular complexity index is 1360. The van der Waals surface area contributed by atoms with Crippen LogP contribution in [-0.2, 0) is 16.4 Å². The Morgan fingerprint density at radius 2 is 1.73 bits per heavy atom. The highest BCUT2D eigenvalue weighted by Crippen LogP contribution is 2.43. The third-order valence-corrected chi connectivity index (χ3v) is 9.82. The topological polar surface area (TPSA) is 64.7 Å². The van der Waals surface area contributed by atoms with Crippen LogP contribution in [0.3, 0.4) is 0 Å². The first kappa shape index (κ1) is 30.0. The van der Waals surface area contributed by atoms with E-state index in [4.69, 9.17) is 0 Å². The van der Waals surface area contributed by atoms with Crippen LogP contribution >= 0.6 is 0 Å². The summed E-state index contributed by atoms with van der Waals surface area (Å²) in [7, 11) is -3.90. The van der Waals surface area contributed by atoms with Gasteiger partial charge in [-0.05, 0) is 69.0 Å². The first-order valence-corrected chi connectivity index (χ1v) is 15.6. The van der Waals surface area contributed by atoms with E-state index in [-0.39, 0.29) is 48.7 Å². The summed E-state index contributed by atoms with van der Waals surface area (Å²) in [6.07, 6.45) is -0.588. The van der Waals surface area contributed by atoms with Gasteiger partial charge in [-0.2, -0.15) is 0 Å². The van der Waals surface area contributed by atoms with Crippen LogP contribution in [-0.4, -0.2) is 80.2 Å². The smallest absolute Gasteiger partial charge is 0.238 e. The Labute approximate surface area is 238 Å². The first-order valence-electron chi connectivity index (χ1n) is 14.0. The van der Waals surface area contributed by atoms with Crippen molar-refractivity contribution in [2.45, 2.75) is 75.2 Å². The number of alkyl halides is 3. The van der Waals surface area contributed by atoms with Gasteiger partial charge in [0.1, 0.15) is 28.7 Å². The third kappa shape index (κ3) is 6.64. The molecule has 3 aliphatic rings. The highest BCUT2D eigenvalue weighted by molar-refractivity contribution is 7.93. The average molecular weight is 601 g/mol. The zero-order chi connectivity index (χ0) is 29.7. The second-order valence-corrected chi connectivity index (χ2v) is 14.1.